The molecule has 0 aliphatic heterocycles. The number of hydrogen-bond donors (Lipinski definition) is 4. The van der Waals surface area contributed by atoms with Crippen LogP contribution in [0.15, 0.2) is 0 Å². The monoisotopic (exact) mass is 262 g/mol. The largest absolute Gasteiger partial charge is 0.393 e. The highest BCUT2D eigenvalue weighted by atomic mass is 32.2. The summed E-state index contributed by atoms with van der Waals surface area (Å²) >= 11 is 1.38. The first kappa shape index (κ1) is 14.8. The summed E-state index contributed by atoms with van der Waals surface area (Å²) < 4.78 is 0. The first-order chi connectivity index (χ1) is 7.82. The molecule has 0 radical (unpaired) electrons. The van der Waals surface area contributed by atoms with Crippen molar-refractivity contribution in [2.75, 3.05) is 14.1 Å². The Bertz CT molecular complexity index is 273. The Balaban J connectivity index is 2.61. The number of hydrogen-bond acceptors (Lipinski definition) is 5. The van der Waals surface area contributed by atoms with Crippen molar-refractivity contribution in [3.63, 3.8) is 0 Å². The van der Waals surface area contributed by atoms with Gasteiger partial charge in [-0.25, -0.2) is 0 Å². The lowest BCUT2D eigenvalue weighted by atomic mass is 9.81. The van der Waals surface area contributed by atoms with Crippen molar-refractivity contribution in [1.29, 1.82) is 5.41 Å². The number of nitrogens with zero attached hydrogens (tertiary/aromatic N) is 1. The standard InChI is InChI=1S/C11H22N2O3S/c1-6(14)8-4-7(5-9(15)10(8)16)17-11(12)13(2)3/h6-10,12,14-16H,4-5H2,1-3H3/t6-,7+,8-,9-,10-/m1/s1. The Kier molecular flexibility index (Phi) is 5.24. The van der Waals surface area contributed by atoms with Crippen molar-refractivity contribution in [2.45, 2.75) is 43.3 Å². The molecule has 0 heterocycles. The van der Waals surface area contributed by atoms with Crippen molar-refractivity contribution in [1.82, 2.24) is 4.90 Å². The van der Waals surface area contributed by atoms with Crippen molar-refractivity contribution in [3.05, 3.63) is 0 Å². The molecule has 5 nitrogen and oxygen atoms in total. The van der Waals surface area contributed by atoms with Crippen LogP contribution in [0.25, 0.3) is 0 Å². The first-order valence-electron chi connectivity index (χ1n) is 5.79. The first-order valence-corrected chi connectivity index (χ1v) is 6.67. The summed E-state index contributed by atoms with van der Waals surface area (Å²) in [5.74, 6) is -0.314. The van der Waals surface area contributed by atoms with Crippen LogP contribution in [0.5, 0.6) is 0 Å². The SMILES string of the molecule is C[C@@H](O)[C@H]1C[C@H](SC(=N)N(C)C)C[C@@H](O)[C@@H]1O. The van der Waals surface area contributed by atoms with Crippen LogP contribution in [0.1, 0.15) is 19.8 Å². The third-order valence-electron chi connectivity index (χ3n) is 3.18. The number of thioether (sulfide) groups is 1. The second kappa shape index (κ2) is 6.04. The summed E-state index contributed by atoms with van der Waals surface area (Å²) in [6.45, 7) is 1.63. The smallest absolute Gasteiger partial charge is 0.156 e. The van der Waals surface area contributed by atoms with Crippen LogP contribution in [0, 0.1) is 11.3 Å². The molecular formula is C11H22N2O3S. The molecule has 0 aromatic heterocycles. The third-order valence-corrected chi connectivity index (χ3v) is 4.48. The molecule has 5 atom stereocenters. The summed E-state index contributed by atoms with van der Waals surface area (Å²) in [4.78, 5) is 1.71. The average molecular weight is 262 g/mol. The second-order valence-electron chi connectivity index (χ2n) is 4.87. The van der Waals surface area contributed by atoms with E-state index in [-0.39, 0.29) is 11.2 Å². The minimum atomic E-state index is -0.861. The van der Waals surface area contributed by atoms with Crippen molar-refractivity contribution < 1.29 is 15.3 Å². The fourth-order valence-electron chi connectivity index (χ4n) is 2.08. The molecule has 0 saturated heterocycles. The van der Waals surface area contributed by atoms with E-state index in [9.17, 15) is 15.3 Å². The highest BCUT2D eigenvalue weighted by molar-refractivity contribution is 8.14. The van der Waals surface area contributed by atoms with Crippen LogP contribution in [0.4, 0.5) is 0 Å². The molecule has 1 saturated carbocycles. The molecule has 0 spiro atoms. The van der Waals surface area contributed by atoms with Crippen molar-refractivity contribution in [2.24, 2.45) is 5.92 Å². The molecule has 0 unspecified atom stereocenters. The zero-order chi connectivity index (χ0) is 13.2. The van der Waals surface area contributed by atoms with Crippen LogP contribution in [0.2, 0.25) is 0 Å². The minimum Gasteiger partial charge on any atom is -0.393 e. The highest BCUT2D eigenvalue weighted by Gasteiger charge is 2.38. The van der Waals surface area contributed by atoms with Gasteiger partial charge in [0.2, 0.25) is 0 Å². The molecule has 6 heteroatoms. The van der Waals surface area contributed by atoms with Gasteiger partial charge in [-0.05, 0) is 19.8 Å². The van der Waals surface area contributed by atoms with Gasteiger partial charge in [-0.3, -0.25) is 5.41 Å². The van der Waals surface area contributed by atoms with E-state index >= 15 is 0 Å². The van der Waals surface area contributed by atoms with E-state index in [1.54, 1.807) is 25.9 Å². The summed E-state index contributed by atoms with van der Waals surface area (Å²) in [6, 6.07) is 0. The summed E-state index contributed by atoms with van der Waals surface area (Å²) in [6.07, 6.45) is -1.23. The second-order valence-corrected chi connectivity index (χ2v) is 6.16. The molecule has 0 aromatic carbocycles. The maximum absolute atomic E-state index is 9.79. The molecule has 100 valence electrons. The molecule has 0 aromatic rings. The summed E-state index contributed by atoms with van der Waals surface area (Å²) in [7, 11) is 3.60. The van der Waals surface area contributed by atoms with Crippen LogP contribution in [-0.2, 0) is 0 Å². The topological polar surface area (TPSA) is 87.8 Å². The van der Waals surface area contributed by atoms with Gasteiger partial charge in [0.05, 0.1) is 18.3 Å². The van der Waals surface area contributed by atoms with E-state index < -0.39 is 18.3 Å². The number of nitrogens with one attached hydrogen (secondary N) is 1. The van der Waals surface area contributed by atoms with Gasteiger partial charge in [0.25, 0.3) is 0 Å². The van der Waals surface area contributed by atoms with E-state index in [2.05, 4.69) is 0 Å². The molecule has 17 heavy (non-hydrogen) atoms. The fourth-order valence-corrected chi connectivity index (χ4v) is 3.21. The minimum absolute atomic E-state index is 0.0721. The lowest BCUT2D eigenvalue weighted by Crippen LogP contribution is -2.46. The van der Waals surface area contributed by atoms with Gasteiger partial charge in [0.1, 0.15) is 0 Å². The number of rotatable bonds is 2. The predicted molar refractivity (Wildman–Crippen MR) is 69.2 cm³/mol. The molecule has 1 aliphatic rings. The van der Waals surface area contributed by atoms with Crippen molar-refractivity contribution >= 4 is 16.9 Å². The maximum Gasteiger partial charge on any atom is 0.156 e. The van der Waals surface area contributed by atoms with Crippen LogP contribution < -0.4 is 0 Å². The molecule has 4 N–H and O–H groups in total. The summed E-state index contributed by atoms with van der Waals surface area (Å²) in [5.41, 5.74) is 0. The van der Waals surface area contributed by atoms with Crippen molar-refractivity contribution in [3.8, 4) is 0 Å². The molecule has 0 bridgehead atoms. The Hall–Kier alpha value is -0.300. The zero-order valence-corrected chi connectivity index (χ0v) is 11.3. The van der Waals surface area contributed by atoms with E-state index in [1.165, 1.54) is 11.8 Å². The Morgan fingerprint density at radius 2 is 1.94 bits per heavy atom. The number of amidine groups is 1. The lowest BCUT2D eigenvalue weighted by Gasteiger charge is -2.38. The fraction of sp³-hybridized carbons (Fsp3) is 0.909. The maximum atomic E-state index is 9.79. The highest BCUT2D eigenvalue weighted by Crippen LogP contribution is 2.35. The zero-order valence-electron chi connectivity index (χ0n) is 10.5. The predicted octanol–water partition coefficient (Wildman–Crippen LogP) is 0.0972. The van der Waals surface area contributed by atoms with Gasteiger partial charge >= 0.3 is 0 Å². The van der Waals surface area contributed by atoms with Gasteiger partial charge in [0.15, 0.2) is 5.17 Å². The summed E-state index contributed by atoms with van der Waals surface area (Å²) in [5, 5.41) is 37.4. The van der Waals surface area contributed by atoms with E-state index in [0.717, 1.165) is 0 Å². The molecule has 1 aliphatic carbocycles. The Labute approximate surface area is 106 Å². The van der Waals surface area contributed by atoms with Gasteiger partial charge < -0.3 is 20.2 Å². The van der Waals surface area contributed by atoms with Gasteiger partial charge in [-0.1, -0.05) is 11.8 Å². The molecule has 0 amide bonds. The van der Waals surface area contributed by atoms with Crippen LogP contribution in [0.3, 0.4) is 0 Å². The molecular weight excluding hydrogens is 240 g/mol. The number of aliphatic hydroxyl groups is 3. The van der Waals surface area contributed by atoms with E-state index in [1.807, 2.05) is 0 Å². The van der Waals surface area contributed by atoms with Gasteiger partial charge in [-0.2, -0.15) is 0 Å². The van der Waals surface area contributed by atoms with Crippen LogP contribution >= 0.6 is 11.8 Å². The normalized spacial score (nSPS) is 35.4. The molecule has 1 rings (SSSR count). The molecule has 1 fully saturated rings. The Morgan fingerprint density at radius 1 is 1.35 bits per heavy atom. The quantitative estimate of drug-likeness (QED) is 0.419. The van der Waals surface area contributed by atoms with E-state index in [4.69, 9.17) is 5.41 Å². The van der Waals surface area contributed by atoms with Crippen LogP contribution in [-0.4, -0.2) is 63.0 Å². The van der Waals surface area contributed by atoms with Gasteiger partial charge in [0, 0.05) is 25.3 Å². The average Bonchev–Trinajstić information content (AvgIpc) is 2.22. The Morgan fingerprint density at radius 3 is 2.41 bits per heavy atom. The van der Waals surface area contributed by atoms with Gasteiger partial charge in [-0.15, -0.1) is 0 Å². The number of aliphatic hydroxyl groups excluding tert-OH is 3. The lowest BCUT2D eigenvalue weighted by molar-refractivity contribution is -0.0765. The third kappa shape index (κ3) is 3.84. The van der Waals surface area contributed by atoms with E-state index in [0.29, 0.717) is 18.0 Å².